The van der Waals surface area contributed by atoms with E-state index in [0.29, 0.717) is 19.2 Å². The maximum atomic E-state index is 14.5. The van der Waals surface area contributed by atoms with Crippen LogP contribution in [-0.4, -0.2) is 119 Å². The molecule has 2 fully saturated rings. The fraction of sp³-hybridized carbons (Fsp3) is 0.561. The Kier molecular flexibility index (Phi) is 19.7. The molecule has 2 heterocycles. The molecule has 0 spiro atoms. The maximum Gasteiger partial charge on any atom is 0.411 e. The summed E-state index contributed by atoms with van der Waals surface area (Å²) in [6, 6.07) is 0.878. The summed E-state index contributed by atoms with van der Waals surface area (Å²) in [5, 5.41) is 24.7. The minimum Gasteiger partial charge on any atom is -0.465 e. The number of hydrogen-bond acceptors (Lipinski definition) is 14. The average Bonchev–Trinajstić information content (AvgIpc) is 3.15. The summed E-state index contributed by atoms with van der Waals surface area (Å²) in [7, 11) is 2.01. The van der Waals surface area contributed by atoms with Gasteiger partial charge in [0, 0.05) is 50.4 Å². The smallest absolute Gasteiger partial charge is 0.411 e. The van der Waals surface area contributed by atoms with Crippen LogP contribution in [0.5, 0.6) is 0 Å². The third kappa shape index (κ3) is 14.5. The number of hydrogen-bond donors (Lipinski definition) is 1. The van der Waals surface area contributed by atoms with Crippen LogP contribution in [0.3, 0.4) is 0 Å². The van der Waals surface area contributed by atoms with Crippen molar-refractivity contribution in [3.05, 3.63) is 73.1 Å². The fourth-order valence-corrected chi connectivity index (χ4v) is 6.16. The number of nitro benzene ring substituents is 2. The van der Waals surface area contributed by atoms with E-state index in [1.165, 1.54) is 9.80 Å². The van der Waals surface area contributed by atoms with Crippen molar-refractivity contribution in [2.45, 2.75) is 99.9 Å². The van der Waals surface area contributed by atoms with E-state index in [2.05, 4.69) is 14.8 Å². The number of ether oxygens (including phenoxy) is 4. The van der Waals surface area contributed by atoms with Crippen molar-refractivity contribution in [3.63, 3.8) is 0 Å². The average molecular weight is 915 g/mol. The molecule has 4 amide bonds. The van der Waals surface area contributed by atoms with E-state index in [1.54, 1.807) is 34.6 Å². The van der Waals surface area contributed by atoms with E-state index in [4.69, 9.17) is 9.47 Å². The van der Waals surface area contributed by atoms with Crippen molar-refractivity contribution >= 4 is 53.0 Å². The van der Waals surface area contributed by atoms with Crippen molar-refractivity contribution in [2.75, 3.05) is 45.3 Å². The van der Waals surface area contributed by atoms with Gasteiger partial charge in [0.05, 0.1) is 24.1 Å². The van der Waals surface area contributed by atoms with Gasteiger partial charge in [-0.15, -0.1) is 0 Å². The number of piperazine rings is 2. The van der Waals surface area contributed by atoms with E-state index in [-0.39, 0.29) is 50.0 Å². The first kappa shape index (κ1) is 55.5. The molecular weight excluding hydrogens is 857 g/mol. The van der Waals surface area contributed by atoms with Gasteiger partial charge >= 0.3 is 29.8 Å². The molecule has 0 aromatic heterocycles. The molecule has 2 aliphatic heterocycles. The Bertz CT molecular complexity index is 2090. The summed E-state index contributed by atoms with van der Waals surface area (Å²) in [5.74, 6) is -6.77. The zero-order valence-electron chi connectivity index (χ0n) is 37.0. The SMILES string of the molecule is C.CC(C)[C@@H]1C(=O)NCCN1C(=O)OC(C)(C)C.COC(=O)c1cc([N+](=O)[O-])c(F)cc1F.COC(=O)c1cc([N+](=O)[O-])c(N2CCN(C(=O)OC(C)(C)C)[C@H](C(C)C)C2=O)cc1F. The highest BCUT2D eigenvalue weighted by Crippen LogP contribution is 2.35. The van der Waals surface area contributed by atoms with Crippen LogP contribution in [0.15, 0.2) is 24.3 Å². The van der Waals surface area contributed by atoms with Gasteiger partial charge in [-0.2, -0.15) is 4.39 Å². The van der Waals surface area contributed by atoms with Crippen molar-refractivity contribution < 1.29 is 70.7 Å². The predicted octanol–water partition coefficient (Wildman–Crippen LogP) is 6.80. The zero-order chi connectivity index (χ0) is 48.5. The summed E-state index contributed by atoms with van der Waals surface area (Å²) in [5.41, 5.74) is -4.49. The molecule has 1 N–H and O–H groups in total. The highest BCUT2D eigenvalue weighted by atomic mass is 19.1. The van der Waals surface area contributed by atoms with Crippen molar-refractivity contribution in [1.82, 2.24) is 15.1 Å². The second-order valence-corrected chi connectivity index (χ2v) is 16.6. The molecule has 0 aliphatic carbocycles. The molecule has 0 saturated carbocycles. The number of nitrogens with zero attached hydrogens (tertiary/aromatic N) is 5. The van der Waals surface area contributed by atoms with Gasteiger partial charge in [-0.3, -0.25) is 39.6 Å². The first-order chi connectivity index (χ1) is 29.0. The number of amides is 4. The van der Waals surface area contributed by atoms with Gasteiger partial charge in [0.25, 0.3) is 5.69 Å². The lowest BCUT2D eigenvalue weighted by Gasteiger charge is -2.42. The predicted molar refractivity (Wildman–Crippen MR) is 224 cm³/mol. The van der Waals surface area contributed by atoms with Crippen LogP contribution in [0, 0.1) is 49.5 Å². The van der Waals surface area contributed by atoms with Crippen LogP contribution in [0.4, 0.5) is 39.8 Å². The van der Waals surface area contributed by atoms with Gasteiger partial charge in [0.2, 0.25) is 17.6 Å². The first-order valence-corrected chi connectivity index (χ1v) is 19.3. The molecule has 0 bridgehead atoms. The third-order valence-electron chi connectivity index (χ3n) is 8.79. The lowest BCUT2D eigenvalue weighted by atomic mass is 9.98. The number of rotatable bonds is 7. The highest BCUT2D eigenvalue weighted by Gasteiger charge is 2.44. The molecule has 2 atom stereocenters. The Labute approximate surface area is 368 Å². The van der Waals surface area contributed by atoms with Crippen molar-refractivity contribution in [3.8, 4) is 0 Å². The molecule has 2 saturated heterocycles. The number of nitrogens with one attached hydrogen (secondary N) is 1. The number of carbonyl (C=O) groups is 6. The normalized spacial score (nSPS) is 16.2. The van der Waals surface area contributed by atoms with E-state index in [9.17, 15) is 62.2 Å². The highest BCUT2D eigenvalue weighted by molar-refractivity contribution is 6.02. The quantitative estimate of drug-likeness (QED) is 0.130. The number of carbonyl (C=O) groups excluding carboxylic acids is 6. The second kappa shape index (κ2) is 22.7. The molecule has 2 aromatic rings. The minimum atomic E-state index is -1.34. The van der Waals surface area contributed by atoms with Gasteiger partial charge in [0.15, 0.2) is 0 Å². The molecular formula is C41H57F3N6O14. The molecule has 20 nitrogen and oxygen atoms in total. The second-order valence-electron chi connectivity index (χ2n) is 16.6. The van der Waals surface area contributed by atoms with Crippen LogP contribution in [0.2, 0.25) is 0 Å². The first-order valence-electron chi connectivity index (χ1n) is 19.3. The topological polar surface area (TPSA) is 247 Å². The molecule has 2 aliphatic rings. The van der Waals surface area contributed by atoms with Crippen LogP contribution >= 0.6 is 0 Å². The summed E-state index contributed by atoms with van der Waals surface area (Å²) in [6.07, 6.45) is -1.09. The Morgan fingerprint density at radius 2 is 1.11 bits per heavy atom. The van der Waals surface area contributed by atoms with Crippen LogP contribution in [-0.2, 0) is 28.5 Å². The van der Waals surface area contributed by atoms with Crippen LogP contribution < -0.4 is 10.2 Å². The molecule has 0 unspecified atom stereocenters. The fourth-order valence-electron chi connectivity index (χ4n) is 6.16. The molecule has 4 rings (SSSR count). The standard InChI is InChI=1S/C20H26FN3O7.C12H22N2O3.C8H5F2NO4.CH4/c1-11(2)16-17(25)22(7-8-23(16)19(27)31-20(3,4)5)14-10-13(21)12(18(26)30-6)9-15(14)24(28)29;1-8(2)9-10(15)13-6-7-14(9)11(16)17-12(3,4)5;1-15-8(12)4-2-7(11(13)14)6(10)3-5(4)9;/h9-11,16H,7-8H2,1-6H3;8-9H,6-7H2,1-5H3,(H,13,15);2-3H,1H3;1H4/t16-;9-;;/m11../s1. The van der Waals surface area contributed by atoms with Gasteiger partial charge in [0.1, 0.15) is 51.7 Å². The Balaban J connectivity index is 0.000000524. The zero-order valence-corrected chi connectivity index (χ0v) is 37.0. The number of benzene rings is 2. The molecule has 0 radical (unpaired) electrons. The van der Waals surface area contributed by atoms with E-state index < -0.39 is 103 Å². The minimum absolute atomic E-state index is 0. The van der Waals surface area contributed by atoms with Crippen molar-refractivity contribution in [1.29, 1.82) is 0 Å². The summed E-state index contributed by atoms with van der Waals surface area (Å²) in [6.45, 7) is 18.7. The molecule has 23 heteroatoms. The summed E-state index contributed by atoms with van der Waals surface area (Å²) < 4.78 is 59.6. The van der Waals surface area contributed by atoms with Crippen LogP contribution in [0.25, 0.3) is 0 Å². The van der Waals surface area contributed by atoms with Gasteiger partial charge in [-0.25, -0.2) is 28.0 Å². The number of methoxy groups -OCH3 is 2. The van der Waals surface area contributed by atoms with Gasteiger partial charge in [-0.05, 0) is 53.4 Å². The lowest BCUT2D eigenvalue weighted by molar-refractivity contribution is -0.387. The van der Waals surface area contributed by atoms with Gasteiger partial charge < -0.3 is 29.2 Å². The van der Waals surface area contributed by atoms with Crippen molar-refractivity contribution in [2.24, 2.45) is 11.8 Å². The Hall–Kier alpha value is -6.55. The Morgan fingerprint density at radius 1 is 0.688 bits per heavy atom. The number of anilines is 1. The largest absolute Gasteiger partial charge is 0.465 e. The van der Waals surface area contributed by atoms with Crippen LogP contribution in [0.1, 0.15) is 97.4 Å². The number of nitro groups is 2. The van der Waals surface area contributed by atoms with E-state index >= 15 is 0 Å². The summed E-state index contributed by atoms with van der Waals surface area (Å²) in [4.78, 5) is 96.1. The molecule has 64 heavy (non-hydrogen) atoms. The van der Waals surface area contributed by atoms with E-state index in [0.717, 1.165) is 31.3 Å². The molecule has 2 aromatic carbocycles. The molecule has 356 valence electrons. The number of esters is 2. The summed E-state index contributed by atoms with van der Waals surface area (Å²) >= 11 is 0. The third-order valence-corrected chi connectivity index (χ3v) is 8.79. The Morgan fingerprint density at radius 3 is 1.52 bits per heavy atom. The monoisotopic (exact) mass is 914 g/mol. The lowest BCUT2D eigenvalue weighted by Crippen LogP contribution is -2.61. The maximum absolute atomic E-state index is 14.5. The number of halogens is 3. The van der Waals surface area contributed by atoms with E-state index in [1.807, 2.05) is 34.6 Å². The van der Waals surface area contributed by atoms with Gasteiger partial charge in [-0.1, -0.05) is 35.1 Å².